The molecular weight excluding hydrogens is 264 g/mol. The highest BCUT2D eigenvalue weighted by molar-refractivity contribution is 5.16. The van der Waals surface area contributed by atoms with Gasteiger partial charge in [0.05, 0.1) is 0 Å². The van der Waals surface area contributed by atoms with Crippen LogP contribution in [0.5, 0.6) is 0 Å². The van der Waals surface area contributed by atoms with Gasteiger partial charge in [0.1, 0.15) is 5.82 Å². The first kappa shape index (κ1) is 15.6. The monoisotopic (exact) mass is 288 g/mol. The maximum atomic E-state index is 4.47. The summed E-state index contributed by atoms with van der Waals surface area (Å²) in [4.78, 5) is 13.3. The molecule has 0 radical (unpaired) electrons. The van der Waals surface area contributed by atoms with Crippen molar-refractivity contribution in [2.45, 2.75) is 59.5 Å². The van der Waals surface area contributed by atoms with Crippen molar-refractivity contribution in [1.82, 2.24) is 30.0 Å². The second-order valence-electron chi connectivity index (χ2n) is 6.06. The Balaban J connectivity index is 2.17. The van der Waals surface area contributed by atoms with E-state index in [4.69, 9.17) is 0 Å². The Labute approximate surface area is 126 Å². The van der Waals surface area contributed by atoms with Crippen LogP contribution in [0.1, 0.15) is 51.8 Å². The summed E-state index contributed by atoms with van der Waals surface area (Å²) in [7, 11) is 0. The molecule has 0 fully saturated rings. The number of nitrogens with one attached hydrogen (secondary N) is 1. The molecule has 2 heterocycles. The first-order valence-corrected chi connectivity index (χ1v) is 7.44. The fourth-order valence-corrected chi connectivity index (χ4v) is 1.85. The van der Waals surface area contributed by atoms with Crippen LogP contribution in [0, 0.1) is 0 Å². The van der Waals surface area contributed by atoms with E-state index in [1.807, 2.05) is 19.3 Å². The van der Waals surface area contributed by atoms with Gasteiger partial charge in [0.15, 0.2) is 5.82 Å². The Morgan fingerprint density at radius 1 is 1.10 bits per heavy atom. The zero-order chi connectivity index (χ0) is 15.5. The molecule has 2 aromatic heterocycles. The van der Waals surface area contributed by atoms with Crippen LogP contribution in [0.4, 0.5) is 0 Å². The second-order valence-corrected chi connectivity index (χ2v) is 6.06. The Morgan fingerprint density at radius 2 is 1.76 bits per heavy atom. The molecule has 0 aromatic carbocycles. The average molecular weight is 288 g/mol. The summed E-state index contributed by atoms with van der Waals surface area (Å²) in [5, 5.41) is 7.87. The van der Waals surface area contributed by atoms with Crippen LogP contribution in [-0.4, -0.2) is 30.3 Å². The lowest BCUT2D eigenvalue weighted by Gasteiger charge is -2.20. The Morgan fingerprint density at radius 3 is 2.29 bits per heavy atom. The topological polar surface area (TPSA) is 68.5 Å². The number of aromatic nitrogens is 5. The molecule has 6 nitrogen and oxygen atoms in total. The van der Waals surface area contributed by atoms with Crippen LogP contribution >= 0.6 is 0 Å². The summed E-state index contributed by atoms with van der Waals surface area (Å²) in [6.45, 7) is 11.3. The largest absolute Gasteiger partial charge is 0.308 e. The Bertz CT molecular complexity index is 579. The highest BCUT2D eigenvalue weighted by atomic mass is 15.4. The highest BCUT2D eigenvalue weighted by Crippen LogP contribution is 2.08. The van der Waals surface area contributed by atoms with E-state index < -0.39 is 0 Å². The fourth-order valence-electron chi connectivity index (χ4n) is 1.85. The minimum Gasteiger partial charge on any atom is -0.308 e. The van der Waals surface area contributed by atoms with Crippen LogP contribution in [0.2, 0.25) is 0 Å². The third-order valence-corrected chi connectivity index (χ3v) is 3.05. The van der Waals surface area contributed by atoms with Gasteiger partial charge in [-0.3, -0.25) is 0 Å². The molecule has 0 aliphatic carbocycles. The van der Waals surface area contributed by atoms with Crippen molar-refractivity contribution >= 4 is 0 Å². The van der Waals surface area contributed by atoms with E-state index in [-0.39, 0.29) is 5.54 Å². The van der Waals surface area contributed by atoms with Crippen molar-refractivity contribution in [1.29, 1.82) is 0 Å². The van der Waals surface area contributed by atoms with Gasteiger partial charge in [-0.1, -0.05) is 13.8 Å². The average Bonchev–Trinajstić information content (AvgIpc) is 2.88. The van der Waals surface area contributed by atoms with Gasteiger partial charge in [-0.05, 0) is 20.8 Å². The van der Waals surface area contributed by atoms with Crippen LogP contribution in [0.15, 0.2) is 12.4 Å². The molecule has 0 amide bonds. The summed E-state index contributed by atoms with van der Waals surface area (Å²) in [6.07, 6.45) is 5.30. The van der Waals surface area contributed by atoms with Gasteiger partial charge < -0.3 is 5.32 Å². The summed E-state index contributed by atoms with van der Waals surface area (Å²) >= 11 is 0. The smallest absolute Gasteiger partial charge is 0.252 e. The molecule has 0 spiro atoms. The predicted molar refractivity (Wildman–Crippen MR) is 82.3 cm³/mol. The molecule has 0 unspecified atom stereocenters. The van der Waals surface area contributed by atoms with Gasteiger partial charge in [0.2, 0.25) is 0 Å². The number of hydrogen-bond acceptors (Lipinski definition) is 5. The van der Waals surface area contributed by atoms with Crippen molar-refractivity contribution in [2.24, 2.45) is 0 Å². The van der Waals surface area contributed by atoms with Crippen LogP contribution < -0.4 is 5.32 Å². The minimum atomic E-state index is 0.0793. The summed E-state index contributed by atoms with van der Waals surface area (Å²) < 4.78 is 1.74. The number of rotatable bonds is 5. The van der Waals surface area contributed by atoms with Crippen LogP contribution in [0.25, 0.3) is 5.95 Å². The Hall–Kier alpha value is -1.82. The van der Waals surface area contributed by atoms with E-state index in [9.17, 15) is 0 Å². The van der Waals surface area contributed by atoms with Gasteiger partial charge in [0, 0.05) is 42.9 Å². The van der Waals surface area contributed by atoms with Crippen molar-refractivity contribution in [2.75, 3.05) is 0 Å². The standard InChI is InChI=1S/C15H24N6/c1-6-12-19-13(7-2)21(20-12)14-16-8-11(9-17-14)10-18-15(3,4)5/h8-9,18H,6-7,10H2,1-5H3. The number of aryl methyl sites for hydroxylation is 2. The Kier molecular flexibility index (Phi) is 4.67. The van der Waals surface area contributed by atoms with E-state index in [1.54, 1.807) is 4.68 Å². The normalized spacial score (nSPS) is 11.9. The van der Waals surface area contributed by atoms with Crippen LogP contribution in [0.3, 0.4) is 0 Å². The van der Waals surface area contributed by atoms with Gasteiger partial charge in [0.25, 0.3) is 5.95 Å². The molecule has 0 bridgehead atoms. The van der Waals surface area contributed by atoms with Gasteiger partial charge in [-0.15, -0.1) is 5.10 Å². The van der Waals surface area contributed by atoms with E-state index in [1.165, 1.54) is 0 Å². The van der Waals surface area contributed by atoms with Crippen molar-refractivity contribution in [3.05, 3.63) is 29.6 Å². The zero-order valence-electron chi connectivity index (χ0n) is 13.5. The van der Waals surface area contributed by atoms with Gasteiger partial charge >= 0.3 is 0 Å². The molecule has 1 N–H and O–H groups in total. The maximum Gasteiger partial charge on any atom is 0.252 e. The molecule has 0 aliphatic heterocycles. The lowest BCUT2D eigenvalue weighted by Crippen LogP contribution is -2.35. The molecule has 2 aromatic rings. The third kappa shape index (κ3) is 4.07. The number of nitrogens with zero attached hydrogens (tertiary/aromatic N) is 5. The lowest BCUT2D eigenvalue weighted by atomic mass is 10.1. The highest BCUT2D eigenvalue weighted by Gasteiger charge is 2.12. The molecule has 0 saturated carbocycles. The molecule has 114 valence electrons. The van der Waals surface area contributed by atoms with Crippen molar-refractivity contribution in [3.8, 4) is 5.95 Å². The molecule has 2 rings (SSSR count). The molecule has 0 atom stereocenters. The summed E-state index contributed by atoms with van der Waals surface area (Å²) in [5.41, 5.74) is 1.14. The van der Waals surface area contributed by atoms with Crippen LogP contribution in [-0.2, 0) is 19.4 Å². The van der Waals surface area contributed by atoms with Crippen molar-refractivity contribution < 1.29 is 0 Å². The maximum absolute atomic E-state index is 4.47. The molecule has 6 heteroatoms. The van der Waals surface area contributed by atoms with E-state index in [0.717, 1.165) is 36.6 Å². The first-order chi connectivity index (χ1) is 9.93. The molecular formula is C15H24N6. The van der Waals surface area contributed by atoms with Gasteiger partial charge in [-0.2, -0.15) is 4.68 Å². The molecule has 0 saturated heterocycles. The minimum absolute atomic E-state index is 0.0793. The molecule has 21 heavy (non-hydrogen) atoms. The molecule has 0 aliphatic rings. The summed E-state index contributed by atoms with van der Waals surface area (Å²) in [5.74, 6) is 2.31. The predicted octanol–water partition coefficient (Wildman–Crippen LogP) is 2.07. The van der Waals surface area contributed by atoms with E-state index in [0.29, 0.717) is 5.95 Å². The van der Waals surface area contributed by atoms with E-state index >= 15 is 0 Å². The fraction of sp³-hybridized carbons (Fsp3) is 0.600. The lowest BCUT2D eigenvalue weighted by molar-refractivity contribution is 0.423. The summed E-state index contributed by atoms with van der Waals surface area (Å²) in [6, 6.07) is 0. The zero-order valence-corrected chi connectivity index (χ0v) is 13.5. The van der Waals surface area contributed by atoms with Gasteiger partial charge in [-0.25, -0.2) is 15.0 Å². The van der Waals surface area contributed by atoms with E-state index in [2.05, 4.69) is 53.1 Å². The third-order valence-electron chi connectivity index (χ3n) is 3.05. The first-order valence-electron chi connectivity index (χ1n) is 7.44. The second kappa shape index (κ2) is 6.30. The number of hydrogen-bond donors (Lipinski definition) is 1. The van der Waals surface area contributed by atoms with Crippen molar-refractivity contribution in [3.63, 3.8) is 0 Å². The quantitative estimate of drug-likeness (QED) is 0.912. The SMILES string of the molecule is CCc1nc(CC)n(-c2ncc(CNC(C)(C)C)cn2)n1.